The predicted octanol–water partition coefficient (Wildman–Crippen LogP) is 3.59. The van der Waals surface area contributed by atoms with Crippen LogP contribution in [0.2, 0.25) is 0 Å². The van der Waals surface area contributed by atoms with Gasteiger partial charge in [-0.25, -0.2) is 0 Å². The second-order valence-electron chi connectivity index (χ2n) is 5.24. The molecule has 0 spiro atoms. The minimum absolute atomic E-state index is 0.130. The first kappa shape index (κ1) is 13.7. The summed E-state index contributed by atoms with van der Waals surface area (Å²) in [7, 11) is 1.69. The number of rotatable bonds is 6. The van der Waals surface area contributed by atoms with Crippen molar-refractivity contribution < 1.29 is 9.53 Å². The van der Waals surface area contributed by atoms with Gasteiger partial charge in [-0.3, -0.25) is 4.79 Å². The van der Waals surface area contributed by atoms with Crippen molar-refractivity contribution in [3.05, 3.63) is 0 Å². The van der Waals surface area contributed by atoms with E-state index in [-0.39, 0.29) is 6.10 Å². The van der Waals surface area contributed by atoms with Crippen molar-refractivity contribution in [2.45, 2.75) is 64.9 Å². The van der Waals surface area contributed by atoms with Gasteiger partial charge in [0.2, 0.25) is 0 Å². The molecule has 94 valence electrons. The fourth-order valence-electron chi connectivity index (χ4n) is 2.63. The lowest BCUT2D eigenvalue weighted by Gasteiger charge is -2.28. The van der Waals surface area contributed by atoms with Gasteiger partial charge in [0, 0.05) is 13.5 Å². The molecule has 1 aliphatic carbocycles. The van der Waals surface area contributed by atoms with Crippen LogP contribution >= 0.6 is 0 Å². The molecular weight excluding hydrogens is 200 g/mol. The summed E-state index contributed by atoms with van der Waals surface area (Å²) < 4.78 is 5.45. The van der Waals surface area contributed by atoms with E-state index in [0.717, 1.165) is 6.42 Å². The molecule has 0 N–H and O–H groups in total. The van der Waals surface area contributed by atoms with Crippen molar-refractivity contribution in [1.82, 2.24) is 0 Å². The zero-order chi connectivity index (χ0) is 12.0. The van der Waals surface area contributed by atoms with E-state index in [2.05, 4.69) is 13.8 Å². The highest BCUT2D eigenvalue weighted by Crippen LogP contribution is 2.29. The van der Waals surface area contributed by atoms with Crippen LogP contribution in [-0.2, 0) is 9.53 Å². The predicted molar refractivity (Wildman–Crippen MR) is 66.5 cm³/mol. The van der Waals surface area contributed by atoms with Gasteiger partial charge < -0.3 is 4.74 Å². The quantitative estimate of drug-likeness (QED) is 0.692. The molecule has 0 aliphatic heterocycles. The molecule has 2 unspecified atom stereocenters. The smallest absolute Gasteiger partial charge is 0.162 e. The van der Waals surface area contributed by atoms with Crippen LogP contribution < -0.4 is 0 Å². The van der Waals surface area contributed by atoms with E-state index in [9.17, 15) is 4.79 Å². The molecular formula is C14H26O2. The first-order valence-corrected chi connectivity index (χ1v) is 6.74. The number of carbonyl (C=O) groups is 1. The summed E-state index contributed by atoms with van der Waals surface area (Å²) in [6.07, 6.45) is 7.83. The van der Waals surface area contributed by atoms with Gasteiger partial charge >= 0.3 is 0 Å². The summed E-state index contributed by atoms with van der Waals surface area (Å²) in [5.74, 6) is 1.30. The van der Waals surface area contributed by atoms with E-state index in [1.54, 1.807) is 7.11 Å². The van der Waals surface area contributed by atoms with Crippen LogP contribution in [0, 0.1) is 11.8 Å². The standard InChI is InChI=1S/C14H26O2/c1-4-11(2)10-13(15)14(16-3)12-8-6-5-7-9-12/h11-12,14H,4-10H2,1-3H3. The van der Waals surface area contributed by atoms with Crippen LogP contribution in [-0.4, -0.2) is 19.0 Å². The van der Waals surface area contributed by atoms with Crippen molar-refractivity contribution in [3.8, 4) is 0 Å². The summed E-state index contributed by atoms with van der Waals surface area (Å²) >= 11 is 0. The Kier molecular flexibility index (Phi) is 6.04. The lowest BCUT2D eigenvalue weighted by atomic mass is 9.82. The topological polar surface area (TPSA) is 26.3 Å². The van der Waals surface area contributed by atoms with Gasteiger partial charge in [-0.2, -0.15) is 0 Å². The molecule has 1 aliphatic rings. The Balaban J connectivity index is 2.48. The fourth-order valence-corrected chi connectivity index (χ4v) is 2.63. The molecule has 0 bridgehead atoms. The SMILES string of the molecule is CCC(C)CC(=O)C(OC)C1CCCCC1. The van der Waals surface area contributed by atoms with E-state index in [4.69, 9.17) is 4.74 Å². The molecule has 1 saturated carbocycles. The molecule has 2 heteroatoms. The maximum absolute atomic E-state index is 12.1. The maximum atomic E-state index is 12.1. The molecule has 0 aromatic heterocycles. The number of hydrogen-bond acceptors (Lipinski definition) is 2. The van der Waals surface area contributed by atoms with Crippen LogP contribution in [0.5, 0.6) is 0 Å². The van der Waals surface area contributed by atoms with Crippen LogP contribution in [0.15, 0.2) is 0 Å². The second kappa shape index (κ2) is 7.05. The van der Waals surface area contributed by atoms with Crippen molar-refractivity contribution in [1.29, 1.82) is 0 Å². The Morgan fingerprint density at radius 2 is 1.94 bits per heavy atom. The molecule has 0 heterocycles. The Hall–Kier alpha value is -0.370. The van der Waals surface area contributed by atoms with E-state index < -0.39 is 0 Å². The summed E-state index contributed by atoms with van der Waals surface area (Å²) in [6.45, 7) is 4.28. The highest BCUT2D eigenvalue weighted by Gasteiger charge is 2.29. The lowest BCUT2D eigenvalue weighted by Crippen LogP contribution is -2.33. The number of carbonyl (C=O) groups excluding carboxylic acids is 1. The van der Waals surface area contributed by atoms with Gasteiger partial charge in [0.15, 0.2) is 5.78 Å². The number of ether oxygens (including phenoxy) is 1. The molecule has 1 fully saturated rings. The summed E-state index contributed by atoms with van der Waals surface area (Å²) in [5.41, 5.74) is 0. The molecule has 0 aromatic carbocycles. The third kappa shape index (κ3) is 3.89. The zero-order valence-corrected chi connectivity index (χ0v) is 11.0. The van der Waals surface area contributed by atoms with Gasteiger partial charge in [0.1, 0.15) is 6.10 Å². The molecule has 2 nitrogen and oxygen atoms in total. The van der Waals surface area contributed by atoms with Gasteiger partial charge in [0.25, 0.3) is 0 Å². The average molecular weight is 226 g/mol. The number of hydrogen-bond donors (Lipinski definition) is 0. The molecule has 2 atom stereocenters. The zero-order valence-electron chi connectivity index (χ0n) is 11.0. The molecule has 0 aromatic rings. The van der Waals surface area contributed by atoms with Gasteiger partial charge in [-0.1, -0.05) is 39.5 Å². The van der Waals surface area contributed by atoms with E-state index >= 15 is 0 Å². The second-order valence-corrected chi connectivity index (χ2v) is 5.24. The Morgan fingerprint density at radius 3 is 2.44 bits per heavy atom. The largest absolute Gasteiger partial charge is 0.373 e. The number of methoxy groups -OCH3 is 1. The third-order valence-corrected chi connectivity index (χ3v) is 3.90. The summed E-state index contributed by atoms with van der Waals surface area (Å²) in [5, 5.41) is 0. The van der Waals surface area contributed by atoms with Crippen LogP contribution in [0.25, 0.3) is 0 Å². The molecule has 1 rings (SSSR count). The molecule has 0 saturated heterocycles. The van der Waals surface area contributed by atoms with E-state index in [0.29, 0.717) is 24.0 Å². The molecule has 0 amide bonds. The Labute approximate surface area is 99.8 Å². The minimum Gasteiger partial charge on any atom is -0.373 e. The van der Waals surface area contributed by atoms with Crippen molar-refractivity contribution >= 4 is 5.78 Å². The maximum Gasteiger partial charge on any atom is 0.162 e. The van der Waals surface area contributed by atoms with E-state index in [1.807, 2.05) is 0 Å². The fraction of sp³-hybridized carbons (Fsp3) is 0.929. The summed E-state index contributed by atoms with van der Waals surface area (Å²) in [6, 6.07) is 0. The molecule has 16 heavy (non-hydrogen) atoms. The van der Waals surface area contributed by atoms with Crippen molar-refractivity contribution in [2.24, 2.45) is 11.8 Å². The monoisotopic (exact) mass is 226 g/mol. The highest BCUT2D eigenvalue weighted by molar-refractivity contribution is 5.83. The Morgan fingerprint density at radius 1 is 1.31 bits per heavy atom. The lowest BCUT2D eigenvalue weighted by molar-refractivity contribution is -0.133. The average Bonchev–Trinajstić information content (AvgIpc) is 2.31. The Bertz CT molecular complexity index is 207. The highest BCUT2D eigenvalue weighted by atomic mass is 16.5. The van der Waals surface area contributed by atoms with Crippen LogP contribution in [0.1, 0.15) is 58.8 Å². The molecule has 0 radical (unpaired) electrons. The number of Topliss-reactive ketones (excluding diaryl/α,β-unsaturated/α-hetero) is 1. The minimum atomic E-state index is -0.130. The van der Waals surface area contributed by atoms with Gasteiger partial charge in [0.05, 0.1) is 0 Å². The van der Waals surface area contributed by atoms with Crippen molar-refractivity contribution in [3.63, 3.8) is 0 Å². The first-order valence-electron chi connectivity index (χ1n) is 6.74. The van der Waals surface area contributed by atoms with Crippen LogP contribution in [0.3, 0.4) is 0 Å². The number of ketones is 1. The third-order valence-electron chi connectivity index (χ3n) is 3.90. The van der Waals surface area contributed by atoms with Crippen LogP contribution in [0.4, 0.5) is 0 Å². The van der Waals surface area contributed by atoms with E-state index in [1.165, 1.54) is 32.1 Å². The first-order chi connectivity index (χ1) is 7.69. The van der Waals surface area contributed by atoms with Gasteiger partial charge in [-0.15, -0.1) is 0 Å². The van der Waals surface area contributed by atoms with Crippen molar-refractivity contribution in [2.75, 3.05) is 7.11 Å². The summed E-state index contributed by atoms with van der Waals surface area (Å²) in [4.78, 5) is 12.1. The normalized spacial score (nSPS) is 21.7. The van der Waals surface area contributed by atoms with Gasteiger partial charge in [-0.05, 0) is 24.7 Å².